The van der Waals surface area contributed by atoms with E-state index in [0.717, 1.165) is 11.4 Å². The van der Waals surface area contributed by atoms with Gasteiger partial charge in [0.1, 0.15) is 0 Å². The Hall–Kier alpha value is -7.20. The molecular weight excluding hydrogens is 709 g/mol. The molecule has 0 amide bonds. The van der Waals surface area contributed by atoms with Crippen molar-refractivity contribution in [3.05, 3.63) is 206 Å². The molecule has 0 atom stereocenters. The van der Waals surface area contributed by atoms with Gasteiger partial charge in [-0.15, -0.1) is 11.3 Å². The van der Waals surface area contributed by atoms with E-state index in [1.165, 1.54) is 96.8 Å². The standard InChI is InChI=1S/C54H34N2S/c1-2-15-39(16-3-1)56-50-33-37(28-31-45(50)46-32-27-36-13-4-7-18-42(36)54(46)56)35-25-29-40(30-26-35)55(48-22-12-24-52-53(48)47-21-10-11-23-51(47)57-52)49-34-38-14-5-6-17-41(38)43-19-8-9-20-44(43)49/h1-34H. The average Bonchev–Trinajstić information content (AvgIpc) is 3.83. The van der Waals surface area contributed by atoms with Crippen molar-refractivity contribution in [3.63, 3.8) is 0 Å². The fourth-order valence-corrected chi connectivity index (χ4v) is 10.3. The number of nitrogens with zero attached hydrogens (tertiary/aromatic N) is 2. The van der Waals surface area contributed by atoms with Gasteiger partial charge in [0.05, 0.1) is 22.4 Å². The molecule has 57 heavy (non-hydrogen) atoms. The molecular formula is C54H34N2S. The molecule has 2 nitrogen and oxygen atoms in total. The summed E-state index contributed by atoms with van der Waals surface area (Å²) < 4.78 is 5.04. The molecule has 0 saturated heterocycles. The van der Waals surface area contributed by atoms with Crippen LogP contribution in [0.4, 0.5) is 17.1 Å². The van der Waals surface area contributed by atoms with Crippen molar-refractivity contribution in [3.8, 4) is 16.8 Å². The Morgan fingerprint density at radius 2 is 1.02 bits per heavy atom. The molecule has 0 aliphatic heterocycles. The van der Waals surface area contributed by atoms with E-state index in [2.05, 4.69) is 216 Å². The molecule has 0 bridgehead atoms. The first-order valence-corrected chi connectivity index (χ1v) is 20.3. The van der Waals surface area contributed by atoms with E-state index in [1.807, 2.05) is 11.3 Å². The van der Waals surface area contributed by atoms with Crippen LogP contribution < -0.4 is 4.90 Å². The number of fused-ring (bicyclic) bond motifs is 11. The molecule has 2 aromatic heterocycles. The van der Waals surface area contributed by atoms with E-state index in [9.17, 15) is 0 Å². The second kappa shape index (κ2) is 12.7. The molecule has 0 radical (unpaired) electrons. The second-order valence-electron chi connectivity index (χ2n) is 14.9. The third kappa shape index (κ3) is 4.96. The smallest absolute Gasteiger partial charge is 0.0619 e. The highest BCUT2D eigenvalue weighted by atomic mass is 32.1. The molecule has 10 aromatic carbocycles. The Kier molecular flexibility index (Phi) is 7.13. The first kappa shape index (κ1) is 32.1. The summed E-state index contributed by atoms with van der Waals surface area (Å²) in [6.07, 6.45) is 0. The normalized spacial score (nSPS) is 11.9. The van der Waals surface area contributed by atoms with Crippen LogP contribution in [0.15, 0.2) is 206 Å². The molecule has 0 aliphatic rings. The number of benzene rings is 10. The lowest BCUT2D eigenvalue weighted by Crippen LogP contribution is -2.11. The molecule has 0 N–H and O–H groups in total. The molecule has 0 spiro atoms. The maximum Gasteiger partial charge on any atom is 0.0619 e. The van der Waals surface area contributed by atoms with Crippen molar-refractivity contribution in [2.45, 2.75) is 0 Å². The van der Waals surface area contributed by atoms with Gasteiger partial charge < -0.3 is 9.47 Å². The highest BCUT2D eigenvalue weighted by Gasteiger charge is 2.22. The van der Waals surface area contributed by atoms with Gasteiger partial charge in [-0.1, -0.05) is 152 Å². The van der Waals surface area contributed by atoms with E-state index in [-0.39, 0.29) is 0 Å². The summed E-state index contributed by atoms with van der Waals surface area (Å²) >= 11 is 1.86. The average molecular weight is 743 g/mol. The van der Waals surface area contributed by atoms with Crippen LogP contribution in [-0.2, 0) is 0 Å². The molecule has 12 rings (SSSR count). The quantitative estimate of drug-likeness (QED) is 0.159. The largest absolute Gasteiger partial charge is 0.309 e. The van der Waals surface area contributed by atoms with E-state index in [1.54, 1.807) is 0 Å². The second-order valence-corrected chi connectivity index (χ2v) is 16.0. The molecule has 0 aliphatic carbocycles. The number of para-hydroxylation sites is 1. The number of thiophene rings is 1. The topological polar surface area (TPSA) is 8.17 Å². The monoisotopic (exact) mass is 742 g/mol. The van der Waals surface area contributed by atoms with Crippen LogP contribution in [0, 0.1) is 0 Å². The van der Waals surface area contributed by atoms with Crippen molar-refractivity contribution in [2.75, 3.05) is 4.90 Å². The Labute approximate surface area is 333 Å². The van der Waals surface area contributed by atoms with Crippen molar-refractivity contribution in [2.24, 2.45) is 0 Å². The van der Waals surface area contributed by atoms with Crippen LogP contribution in [0.2, 0.25) is 0 Å². The third-order valence-electron chi connectivity index (χ3n) is 11.7. The number of anilines is 3. The first-order chi connectivity index (χ1) is 28.3. The number of rotatable bonds is 5. The fraction of sp³-hybridized carbons (Fsp3) is 0. The van der Waals surface area contributed by atoms with Gasteiger partial charge in [0.15, 0.2) is 0 Å². The maximum absolute atomic E-state index is 2.49. The summed E-state index contributed by atoms with van der Waals surface area (Å²) in [5, 5.41) is 12.6. The zero-order valence-corrected chi connectivity index (χ0v) is 31.7. The highest BCUT2D eigenvalue weighted by molar-refractivity contribution is 7.26. The van der Waals surface area contributed by atoms with Gasteiger partial charge in [-0.3, -0.25) is 0 Å². The summed E-state index contributed by atoms with van der Waals surface area (Å²) in [7, 11) is 0. The third-order valence-corrected chi connectivity index (χ3v) is 12.9. The Morgan fingerprint density at radius 1 is 0.368 bits per heavy atom. The minimum Gasteiger partial charge on any atom is -0.309 e. The maximum atomic E-state index is 2.49. The predicted molar refractivity (Wildman–Crippen MR) is 246 cm³/mol. The first-order valence-electron chi connectivity index (χ1n) is 19.5. The minimum atomic E-state index is 1.12. The van der Waals surface area contributed by atoms with Crippen LogP contribution >= 0.6 is 11.3 Å². The molecule has 0 saturated carbocycles. The lowest BCUT2D eigenvalue weighted by Gasteiger charge is -2.28. The molecule has 266 valence electrons. The van der Waals surface area contributed by atoms with Gasteiger partial charge in [-0.05, 0) is 87.3 Å². The summed E-state index contributed by atoms with van der Waals surface area (Å²) in [6, 6.07) is 75.8. The zero-order valence-electron chi connectivity index (χ0n) is 30.9. The molecule has 3 heteroatoms. The van der Waals surface area contributed by atoms with E-state index < -0.39 is 0 Å². The van der Waals surface area contributed by atoms with Crippen LogP contribution in [0.25, 0.3) is 91.1 Å². The summed E-state index contributed by atoms with van der Waals surface area (Å²) in [5.41, 5.74) is 9.44. The Morgan fingerprint density at radius 3 is 1.86 bits per heavy atom. The van der Waals surface area contributed by atoms with Crippen molar-refractivity contribution in [1.82, 2.24) is 4.57 Å². The van der Waals surface area contributed by atoms with Crippen LogP contribution in [-0.4, -0.2) is 4.57 Å². The lowest BCUT2D eigenvalue weighted by molar-refractivity contribution is 1.19. The van der Waals surface area contributed by atoms with Crippen molar-refractivity contribution in [1.29, 1.82) is 0 Å². The summed E-state index contributed by atoms with van der Waals surface area (Å²) in [5.74, 6) is 0. The minimum absolute atomic E-state index is 1.12. The van der Waals surface area contributed by atoms with Crippen molar-refractivity contribution >= 4 is 103 Å². The molecule has 2 heterocycles. The molecule has 12 aromatic rings. The van der Waals surface area contributed by atoms with E-state index in [0.29, 0.717) is 0 Å². The number of aromatic nitrogens is 1. The lowest BCUT2D eigenvalue weighted by atomic mass is 9.98. The Bertz CT molecular complexity index is 3520. The van der Waals surface area contributed by atoms with Crippen LogP contribution in [0.5, 0.6) is 0 Å². The fourth-order valence-electron chi connectivity index (χ4n) is 9.18. The van der Waals surface area contributed by atoms with Gasteiger partial charge in [0, 0.05) is 53.1 Å². The van der Waals surface area contributed by atoms with Crippen molar-refractivity contribution < 1.29 is 0 Å². The van der Waals surface area contributed by atoms with E-state index >= 15 is 0 Å². The molecule has 0 fully saturated rings. The van der Waals surface area contributed by atoms with E-state index in [4.69, 9.17) is 0 Å². The Balaban J connectivity index is 1.07. The van der Waals surface area contributed by atoms with Crippen LogP contribution in [0.1, 0.15) is 0 Å². The van der Waals surface area contributed by atoms with Gasteiger partial charge in [0.25, 0.3) is 0 Å². The summed E-state index contributed by atoms with van der Waals surface area (Å²) in [6.45, 7) is 0. The number of hydrogen-bond donors (Lipinski definition) is 0. The van der Waals surface area contributed by atoms with Gasteiger partial charge >= 0.3 is 0 Å². The SMILES string of the molecule is c1ccc(-n2c3cc(-c4ccc(N(c5cc6ccccc6c6ccccc56)c5cccc6sc7ccccc7c56)cc4)ccc3c3ccc4ccccc4c32)cc1. The van der Waals surface area contributed by atoms with Gasteiger partial charge in [0.2, 0.25) is 0 Å². The molecule has 0 unspecified atom stereocenters. The summed E-state index contributed by atoms with van der Waals surface area (Å²) in [4.78, 5) is 2.49. The zero-order chi connectivity index (χ0) is 37.5. The predicted octanol–water partition coefficient (Wildman–Crippen LogP) is 15.7. The number of hydrogen-bond acceptors (Lipinski definition) is 2. The van der Waals surface area contributed by atoms with Gasteiger partial charge in [-0.2, -0.15) is 0 Å². The van der Waals surface area contributed by atoms with Gasteiger partial charge in [-0.25, -0.2) is 0 Å². The highest BCUT2D eigenvalue weighted by Crippen LogP contribution is 2.48. The van der Waals surface area contributed by atoms with Crippen LogP contribution in [0.3, 0.4) is 0 Å².